The van der Waals surface area contributed by atoms with Gasteiger partial charge in [0.05, 0.1) is 6.10 Å². The van der Waals surface area contributed by atoms with E-state index in [1.807, 2.05) is 13.8 Å². The van der Waals surface area contributed by atoms with E-state index in [-0.39, 0.29) is 6.10 Å². The van der Waals surface area contributed by atoms with Crippen LogP contribution in [0, 0.1) is 5.92 Å². The number of methoxy groups -OCH3 is 1. The van der Waals surface area contributed by atoms with E-state index in [0.717, 1.165) is 29.6 Å². The summed E-state index contributed by atoms with van der Waals surface area (Å²) in [7, 11) is 1.74. The second-order valence-corrected chi connectivity index (χ2v) is 4.38. The maximum atomic E-state index is 10.1. The molecule has 15 heavy (non-hydrogen) atoms. The summed E-state index contributed by atoms with van der Waals surface area (Å²) in [4.78, 5) is 0. The quantitative estimate of drug-likeness (QED) is 0.771. The van der Waals surface area contributed by atoms with Crippen LogP contribution in [0.1, 0.15) is 40.5 Å². The molecule has 2 nitrogen and oxygen atoms in total. The van der Waals surface area contributed by atoms with Crippen molar-refractivity contribution in [2.75, 3.05) is 7.11 Å². The standard InChI is InChI=1S/C13H22O2/c1-6-7-11-10(4)13(15-5)9(3)8(2)12(11)14/h10,13-14H,6-7H2,1-5H3. The minimum Gasteiger partial charge on any atom is -0.508 e. The Morgan fingerprint density at radius 1 is 1.33 bits per heavy atom. The molecule has 0 fully saturated rings. The fourth-order valence-corrected chi connectivity index (χ4v) is 2.41. The van der Waals surface area contributed by atoms with E-state index in [1.54, 1.807) is 7.11 Å². The molecule has 1 N–H and O–H groups in total. The zero-order chi connectivity index (χ0) is 11.6. The summed E-state index contributed by atoms with van der Waals surface area (Å²) in [5, 5.41) is 10.1. The summed E-state index contributed by atoms with van der Waals surface area (Å²) >= 11 is 0. The first-order valence-electron chi connectivity index (χ1n) is 5.67. The molecule has 0 radical (unpaired) electrons. The number of aliphatic hydroxyl groups excluding tert-OH is 1. The molecule has 0 aliphatic heterocycles. The first-order chi connectivity index (χ1) is 7.04. The van der Waals surface area contributed by atoms with Gasteiger partial charge < -0.3 is 9.84 Å². The molecule has 0 aromatic rings. The van der Waals surface area contributed by atoms with Crippen LogP contribution in [-0.4, -0.2) is 18.3 Å². The van der Waals surface area contributed by atoms with Gasteiger partial charge in [0, 0.05) is 13.0 Å². The van der Waals surface area contributed by atoms with Gasteiger partial charge in [0.2, 0.25) is 0 Å². The van der Waals surface area contributed by atoms with Crippen molar-refractivity contribution in [2.45, 2.75) is 46.6 Å². The highest BCUT2D eigenvalue weighted by Crippen LogP contribution is 2.36. The van der Waals surface area contributed by atoms with Crippen molar-refractivity contribution in [1.29, 1.82) is 0 Å². The van der Waals surface area contributed by atoms with Crippen LogP contribution in [0.15, 0.2) is 22.5 Å². The number of aliphatic hydroxyl groups is 1. The zero-order valence-electron chi connectivity index (χ0n) is 10.4. The minimum absolute atomic E-state index is 0.127. The molecule has 2 heteroatoms. The van der Waals surface area contributed by atoms with E-state index in [2.05, 4.69) is 13.8 Å². The van der Waals surface area contributed by atoms with E-state index >= 15 is 0 Å². The van der Waals surface area contributed by atoms with Gasteiger partial charge in [0.25, 0.3) is 0 Å². The Kier molecular flexibility index (Phi) is 3.97. The third kappa shape index (κ3) is 2.10. The number of ether oxygens (including phenoxy) is 1. The maximum Gasteiger partial charge on any atom is 0.118 e. The van der Waals surface area contributed by atoms with Gasteiger partial charge in [-0.2, -0.15) is 0 Å². The predicted molar refractivity (Wildman–Crippen MR) is 62.9 cm³/mol. The lowest BCUT2D eigenvalue weighted by molar-refractivity contribution is 0.0920. The van der Waals surface area contributed by atoms with Gasteiger partial charge in [-0.15, -0.1) is 0 Å². The van der Waals surface area contributed by atoms with Crippen molar-refractivity contribution in [3.63, 3.8) is 0 Å². The molecule has 0 saturated heterocycles. The summed E-state index contributed by atoms with van der Waals surface area (Å²) < 4.78 is 5.51. The van der Waals surface area contributed by atoms with Crippen LogP contribution in [0.4, 0.5) is 0 Å². The molecule has 0 heterocycles. The van der Waals surface area contributed by atoms with Crippen molar-refractivity contribution in [2.24, 2.45) is 5.92 Å². The van der Waals surface area contributed by atoms with Gasteiger partial charge >= 0.3 is 0 Å². The summed E-state index contributed by atoms with van der Waals surface area (Å²) in [5.74, 6) is 0.786. The summed E-state index contributed by atoms with van der Waals surface area (Å²) in [6, 6.07) is 0. The Morgan fingerprint density at radius 3 is 2.40 bits per heavy atom. The molecule has 86 valence electrons. The number of allylic oxidation sites excluding steroid dienone is 1. The molecule has 0 spiro atoms. The smallest absolute Gasteiger partial charge is 0.118 e. The van der Waals surface area contributed by atoms with Crippen LogP contribution in [-0.2, 0) is 4.74 Å². The first-order valence-corrected chi connectivity index (χ1v) is 5.67. The Labute approximate surface area is 92.6 Å². The molecule has 1 aliphatic rings. The van der Waals surface area contributed by atoms with Crippen LogP contribution in [0.25, 0.3) is 0 Å². The van der Waals surface area contributed by atoms with E-state index in [0.29, 0.717) is 11.7 Å². The van der Waals surface area contributed by atoms with E-state index < -0.39 is 0 Å². The Hall–Kier alpha value is -0.760. The van der Waals surface area contributed by atoms with E-state index in [4.69, 9.17) is 4.74 Å². The lowest BCUT2D eigenvalue weighted by Gasteiger charge is -2.32. The summed E-state index contributed by atoms with van der Waals surface area (Å²) in [5.41, 5.74) is 3.29. The summed E-state index contributed by atoms with van der Waals surface area (Å²) in [6.45, 7) is 8.28. The minimum atomic E-state index is 0.127. The topological polar surface area (TPSA) is 29.5 Å². The molecule has 0 aromatic carbocycles. The van der Waals surface area contributed by atoms with Crippen molar-refractivity contribution < 1.29 is 9.84 Å². The molecule has 0 bridgehead atoms. The normalized spacial score (nSPS) is 27.5. The van der Waals surface area contributed by atoms with Gasteiger partial charge in [-0.25, -0.2) is 0 Å². The van der Waals surface area contributed by atoms with Crippen molar-refractivity contribution in [3.05, 3.63) is 22.5 Å². The third-order valence-corrected chi connectivity index (χ3v) is 3.45. The average molecular weight is 210 g/mol. The number of hydrogen-bond donors (Lipinski definition) is 1. The van der Waals surface area contributed by atoms with Gasteiger partial charge in [-0.05, 0) is 37.0 Å². The average Bonchev–Trinajstić information content (AvgIpc) is 2.22. The van der Waals surface area contributed by atoms with Crippen molar-refractivity contribution >= 4 is 0 Å². The fourth-order valence-electron chi connectivity index (χ4n) is 2.41. The predicted octanol–water partition coefficient (Wildman–Crippen LogP) is 3.60. The molecule has 0 saturated carbocycles. The first kappa shape index (κ1) is 12.3. The van der Waals surface area contributed by atoms with Crippen LogP contribution in [0.5, 0.6) is 0 Å². The van der Waals surface area contributed by atoms with Crippen LogP contribution in [0.2, 0.25) is 0 Å². The third-order valence-electron chi connectivity index (χ3n) is 3.45. The number of hydrogen-bond acceptors (Lipinski definition) is 2. The number of rotatable bonds is 3. The highest BCUT2D eigenvalue weighted by atomic mass is 16.5. The van der Waals surface area contributed by atoms with Crippen molar-refractivity contribution in [1.82, 2.24) is 0 Å². The fraction of sp³-hybridized carbons (Fsp3) is 0.692. The molecule has 0 aromatic heterocycles. The summed E-state index contributed by atoms with van der Waals surface area (Å²) in [6.07, 6.45) is 2.15. The Morgan fingerprint density at radius 2 is 1.93 bits per heavy atom. The monoisotopic (exact) mass is 210 g/mol. The largest absolute Gasteiger partial charge is 0.508 e. The van der Waals surface area contributed by atoms with Gasteiger partial charge in [0.1, 0.15) is 5.76 Å². The van der Waals surface area contributed by atoms with Crippen LogP contribution in [0.3, 0.4) is 0 Å². The lowest BCUT2D eigenvalue weighted by atomic mass is 9.80. The molecule has 1 rings (SSSR count). The second kappa shape index (κ2) is 4.84. The second-order valence-electron chi connectivity index (χ2n) is 4.38. The Bertz CT molecular complexity index is 300. The van der Waals surface area contributed by atoms with Crippen LogP contribution >= 0.6 is 0 Å². The highest BCUT2D eigenvalue weighted by molar-refractivity contribution is 5.40. The molecule has 0 amide bonds. The SMILES string of the molecule is CCCC1=C(O)C(C)=C(C)C(OC)C1C. The molecule has 1 aliphatic carbocycles. The van der Waals surface area contributed by atoms with Gasteiger partial charge in [-0.3, -0.25) is 0 Å². The molecular weight excluding hydrogens is 188 g/mol. The molecular formula is C13H22O2. The van der Waals surface area contributed by atoms with Gasteiger partial charge in [0.15, 0.2) is 0 Å². The van der Waals surface area contributed by atoms with E-state index in [1.165, 1.54) is 0 Å². The zero-order valence-corrected chi connectivity index (χ0v) is 10.4. The van der Waals surface area contributed by atoms with Gasteiger partial charge in [-0.1, -0.05) is 20.3 Å². The lowest BCUT2D eigenvalue weighted by Crippen LogP contribution is -2.29. The highest BCUT2D eigenvalue weighted by Gasteiger charge is 2.30. The maximum absolute atomic E-state index is 10.1. The molecule has 2 unspecified atom stereocenters. The van der Waals surface area contributed by atoms with E-state index in [9.17, 15) is 5.11 Å². The van der Waals surface area contributed by atoms with Crippen LogP contribution < -0.4 is 0 Å². The Balaban J connectivity index is 3.12. The molecule has 2 atom stereocenters. The van der Waals surface area contributed by atoms with Crippen molar-refractivity contribution in [3.8, 4) is 0 Å².